The molecule has 13 heavy (non-hydrogen) atoms. The van der Waals surface area contributed by atoms with E-state index in [0.29, 0.717) is 0 Å². The first kappa shape index (κ1) is 8.66. The van der Waals surface area contributed by atoms with Crippen LogP contribution in [0, 0.1) is 0 Å². The summed E-state index contributed by atoms with van der Waals surface area (Å²) < 4.78 is 5.05. The van der Waals surface area contributed by atoms with E-state index in [1.54, 1.807) is 7.11 Å². The zero-order valence-electron chi connectivity index (χ0n) is 7.86. The second-order valence-corrected chi connectivity index (χ2v) is 3.35. The van der Waals surface area contributed by atoms with Crippen molar-refractivity contribution in [2.75, 3.05) is 20.3 Å². The molecule has 1 aliphatic heterocycles. The van der Waals surface area contributed by atoms with Gasteiger partial charge in [0.2, 0.25) is 0 Å². The SMILES string of the molecule is COCCN1Cc2ccncc2C1. The number of pyridine rings is 1. The Kier molecular flexibility index (Phi) is 2.57. The normalized spacial score (nSPS) is 16.1. The van der Waals surface area contributed by atoms with Crippen LogP contribution in [0.4, 0.5) is 0 Å². The predicted octanol–water partition coefficient (Wildman–Crippen LogP) is 1.04. The first-order chi connectivity index (χ1) is 6.40. The van der Waals surface area contributed by atoms with Crippen molar-refractivity contribution in [1.82, 2.24) is 9.88 Å². The Balaban J connectivity index is 1.97. The second-order valence-electron chi connectivity index (χ2n) is 3.35. The lowest BCUT2D eigenvalue weighted by molar-refractivity contribution is 0.147. The van der Waals surface area contributed by atoms with Gasteiger partial charge in [-0.3, -0.25) is 9.88 Å². The molecule has 0 aliphatic carbocycles. The molecule has 0 N–H and O–H groups in total. The molecule has 0 spiro atoms. The number of hydrogen-bond donors (Lipinski definition) is 0. The van der Waals surface area contributed by atoms with Gasteiger partial charge in [-0.25, -0.2) is 0 Å². The molecule has 0 saturated heterocycles. The van der Waals surface area contributed by atoms with Gasteiger partial charge < -0.3 is 4.74 Å². The number of nitrogens with zero attached hydrogens (tertiary/aromatic N) is 2. The van der Waals surface area contributed by atoms with Crippen molar-refractivity contribution in [1.29, 1.82) is 0 Å². The van der Waals surface area contributed by atoms with Gasteiger partial charge in [0.15, 0.2) is 0 Å². The predicted molar refractivity (Wildman–Crippen MR) is 50.2 cm³/mol. The zero-order chi connectivity index (χ0) is 9.10. The Morgan fingerprint density at radius 3 is 3.08 bits per heavy atom. The van der Waals surface area contributed by atoms with Crippen LogP contribution in [-0.2, 0) is 17.8 Å². The molecule has 0 saturated carbocycles. The molecule has 1 aromatic rings. The number of rotatable bonds is 3. The number of ether oxygens (including phenoxy) is 1. The molecule has 2 heterocycles. The van der Waals surface area contributed by atoms with Crippen molar-refractivity contribution in [2.24, 2.45) is 0 Å². The average molecular weight is 178 g/mol. The van der Waals surface area contributed by atoms with Gasteiger partial charge in [-0.15, -0.1) is 0 Å². The highest BCUT2D eigenvalue weighted by Crippen LogP contribution is 2.20. The summed E-state index contributed by atoms with van der Waals surface area (Å²) in [5, 5.41) is 0. The van der Waals surface area contributed by atoms with Gasteiger partial charge >= 0.3 is 0 Å². The smallest absolute Gasteiger partial charge is 0.0589 e. The third-order valence-electron chi connectivity index (χ3n) is 2.40. The first-order valence-corrected chi connectivity index (χ1v) is 4.53. The molecule has 0 radical (unpaired) electrons. The lowest BCUT2D eigenvalue weighted by Gasteiger charge is -2.12. The fourth-order valence-corrected chi connectivity index (χ4v) is 1.67. The van der Waals surface area contributed by atoms with Crippen LogP contribution in [0.15, 0.2) is 18.5 Å². The summed E-state index contributed by atoms with van der Waals surface area (Å²) in [6, 6.07) is 2.10. The Hall–Kier alpha value is -0.930. The highest BCUT2D eigenvalue weighted by Gasteiger charge is 2.17. The van der Waals surface area contributed by atoms with E-state index in [1.165, 1.54) is 11.1 Å². The molecule has 0 unspecified atom stereocenters. The quantitative estimate of drug-likeness (QED) is 0.691. The molecule has 0 atom stereocenters. The molecule has 0 bridgehead atoms. The standard InChI is InChI=1S/C10H14N2O/c1-13-5-4-12-7-9-2-3-11-6-10(9)8-12/h2-3,6H,4-5,7-8H2,1H3. The molecule has 2 rings (SSSR count). The van der Waals surface area contributed by atoms with Crippen LogP contribution >= 0.6 is 0 Å². The molecule has 0 aromatic carbocycles. The summed E-state index contributed by atoms with van der Waals surface area (Å²) in [7, 11) is 1.74. The van der Waals surface area contributed by atoms with E-state index in [2.05, 4.69) is 16.0 Å². The highest BCUT2D eigenvalue weighted by molar-refractivity contribution is 5.26. The van der Waals surface area contributed by atoms with Gasteiger partial charge in [0, 0.05) is 39.1 Å². The third kappa shape index (κ3) is 1.87. The maximum Gasteiger partial charge on any atom is 0.0589 e. The molecule has 1 aliphatic rings. The van der Waals surface area contributed by atoms with Crippen molar-refractivity contribution in [3.63, 3.8) is 0 Å². The molecule has 1 aromatic heterocycles. The molecular formula is C10H14N2O. The van der Waals surface area contributed by atoms with Gasteiger partial charge in [-0.05, 0) is 17.2 Å². The van der Waals surface area contributed by atoms with E-state index in [-0.39, 0.29) is 0 Å². The van der Waals surface area contributed by atoms with Gasteiger partial charge in [0.1, 0.15) is 0 Å². The highest BCUT2D eigenvalue weighted by atomic mass is 16.5. The maximum absolute atomic E-state index is 5.05. The van der Waals surface area contributed by atoms with Crippen molar-refractivity contribution >= 4 is 0 Å². The largest absolute Gasteiger partial charge is 0.383 e. The topological polar surface area (TPSA) is 25.4 Å². The lowest BCUT2D eigenvalue weighted by Crippen LogP contribution is -2.21. The monoisotopic (exact) mass is 178 g/mol. The molecular weight excluding hydrogens is 164 g/mol. The van der Waals surface area contributed by atoms with E-state index >= 15 is 0 Å². The molecule has 3 heteroatoms. The van der Waals surface area contributed by atoms with Crippen molar-refractivity contribution in [3.05, 3.63) is 29.6 Å². The van der Waals surface area contributed by atoms with Gasteiger partial charge in [0.05, 0.1) is 6.61 Å². The minimum absolute atomic E-state index is 0.807. The average Bonchev–Trinajstić information content (AvgIpc) is 2.57. The van der Waals surface area contributed by atoms with Gasteiger partial charge in [-0.1, -0.05) is 0 Å². The molecule has 3 nitrogen and oxygen atoms in total. The molecule has 0 amide bonds. The minimum Gasteiger partial charge on any atom is -0.383 e. The minimum atomic E-state index is 0.807. The number of methoxy groups -OCH3 is 1. The fourth-order valence-electron chi connectivity index (χ4n) is 1.67. The number of fused-ring (bicyclic) bond motifs is 1. The zero-order valence-corrected chi connectivity index (χ0v) is 7.86. The van der Waals surface area contributed by atoms with Crippen LogP contribution in [0.3, 0.4) is 0 Å². The summed E-state index contributed by atoms with van der Waals surface area (Å²) in [6.07, 6.45) is 3.82. The van der Waals surface area contributed by atoms with Crippen molar-refractivity contribution in [3.8, 4) is 0 Å². The molecule has 70 valence electrons. The molecule has 0 fully saturated rings. The van der Waals surface area contributed by atoms with E-state index in [4.69, 9.17) is 4.74 Å². The van der Waals surface area contributed by atoms with Crippen LogP contribution in [-0.4, -0.2) is 30.1 Å². The Labute approximate surface area is 78.3 Å². The van der Waals surface area contributed by atoms with Crippen LogP contribution < -0.4 is 0 Å². The Morgan fingerprint density at radius 2 is 2.31 bits per heavy atom. The summed E-state index contributed by atoms with van der Waals surface area (Å²) >= 11 is 0. The summed E-state index contributed by atoms with van der Waals surface area (Å²) in [6.45, 7) is 3.88. The maximum atomic E-state index is 5.05. The van der Waals surface area contributed by atoms with E-state index in [0.717, 1.165) is 26.2 Å². The summed E-state index contributed by atoms with van der Waals surface area (Å²) in [5.74, 6) is 0. The van der Waals surface area contributed by atoms with E-state index in [1.807, 2.05) is 12.4 Å². The second kappa shape index (κ2) is 3.85. The number of aromatic nitrogens is 1. The first-order valence-electron chi connectivity index (χ1n) is 4.53. The fraction of sp³-hybridized carbons (Fsp3) is 0.500. The van der Waals surface area contributed by atoms with Gasteiger partial charge in [0.25, 0.3) is 0 Å². The van der Waals surface area contributed by atoms with Crippen molar-refractivity contribution in [2.45, 2.75) is 13.1 Å². The van der Waals surface area contributed by atoms with Crippen LogP contribution in [0.25, 0.3) is 0 Å². The van der Waals surface area contributed by atoms with Crippen LogP contribution in [0.1, 0.15) is 11.1 Å². The third-order valence-corrected chi connectivity index (χ3v) is 2.40. The summed E-state index contributed by atoms with van der Waals surface area (Å²) in [5.41, 5.74) is 2.77. The van der Waals surface area contributed by atoms with E-state index < -0.39 is 0 Å². The number of hydrogen-bond acceptors (Lipinski definition) is 3. The Morgan fingerprint density at radius 1 is 1.46 bits per heavy atom. The van der Waals surface area contributed by atoms with Crippen molar-refractivity contribution < 1.29 is 4.74 Å². The summed E-state index contributed by atoms with van der Waals surface area (Å²) in [4.78, 5) is 6.48. The van der Waals surface area contributed by atoms with Gasteiger partial charge in [-0.2, -0.15) is 0 Å². The van der Waals surface area contributed by atoms with Crippen LogP contribution in [0.5, 0.6) is 0 Å². The Bertz CT molecular complexity index is 263. The van der Waals surface area contributed by atoms with Crippen LogP contribution in [0.2, 0.25) is 0 Å². The van der Waals surface area contributed by atoms with E-state index in [9.17, 15) is 0 Å². The lowest BCUT2D eigenvalue weighted by atomic mass is 10.2.